The monoisotopic (exact) mass is 395 g/mol. The summed E-state index contributed by atoms with van der Waals surface area (Å²) in [7, 11) is 0. The van der Waals surface area contributed by atoms with Crippen molar-refractivity contribution in [3.8, 4) is 0 Å². The Hall–Kier alpha value is -2.26. The first-order valence-corrected chi connectivity index (χ1v) is 9.86. The molecule has 0 bridgehead atoms. The largest absolute Gasteiger partial charge is 0.452 e. The van der Waals surface area contributed by atoms with Gasteiger partial charge in [-0.2, -0.15) is 0 Å². The first-order chi connectivity index (χ1) is 12.3. The Kier molecular flexibility index (Phi) is 7.28. The van der Waals surface area contributed by atoms with Crippen LogP contribution < -0.4 is 10.6 Å². The zero-order chi connectivity index (χ0) is 19.1. The van der Waals surface area contributed by atoms with E-state index in [1.807, 2.05) is 17.5 Å². The van der Waals surface area contributed by atoms with E-state index in [1.54, 1.807) is 30.6 Å². The van der Waals surface area contributed by atoms with Crippen molar-refractivity contribution >= 4 is 45.6 Å². The number of rotatable bonds is 8. The SMILES string of the molecule is CC(C)C(=O)Nc1nc(CC(=O)O[C@@H](C)C(=O)NCc2cccs2)cs1. The summed E-state index contributed by atoms with van der Waals surface area (Å²) in [6.07, 6.45) is -0.947. The predicted molar refractivity (Wildman–Crippen MR) is 101 cm³/mol. The van der Waals surface area contributed by atoms with Gasteiger partial charge in [-0.3, -0.25) is 14.4 Å². The molecule has 7 nitrogen and oxygen atoms in total. The maximum Gasteiger partial charge on any atom is 0.312 e. The highest BCUT2D eigenvalue weighted by molar-refractivity contribution is 7.14. The van der Waals surface area contributed by atoms with Crippen LogP contribution in [-0.4, -0.2) is 28.9 Å². The molecule has 2 aromatic rings. The highest BCUT2D eigenvalue weighted by Crippen LogP contribution is 2.17. The molecule has 2 rings (SSSR count). The van der Waals surface area contributed by atoms with Crippen molar-refractivity contribution in [2.24, 2.45) is 5.92 Å². The van der Waals surface area contributed by atoms with Crippen LogP contribution in [0.3, 0.4) is 0 Å². The number of hydrogen-bond acceptors (Lipinski definition) is 7. The van der Waals surface area contributed by atoms with E-state index in [1.165, 1.54) is 18.3 Å². The Morgan fingerprint density at radius 2 is 1.96 bits per heavy atom. The molecule has 0 aromatic carbocycles. The van der Waals surface area contributed by atoms with Crippen LogP contribution in [0.15, 0.2) is 22.9 Å². The van der Waals surface area contributed by atoms with E-state index in [0.29, 0.717) is 17.4 Å². The van der Waals surface area contributed by atoms with Crippen molar-refractivity contribution in [3.63, 3.8) is 0 Å². The van der Waals surface area contributed by atoms with Gasteiger partial charge in [0.15, 0.2) is 11.2 Å². The number of carbonyl (C=O) groups excluding carboxylic acids is 3. The molecule has 0 saturated carbocycles. The second kappa shape index (κ2) is 9.44. The topological polar surface area (TPSA) is 97.4 Å². The summed E-state index contributed by atoms with van der Waals surface area (Å²) in [6.45, 7) is 5.50. The van der Waals surface area contributed by atoms with E-state index >= 15 is 0 Å². The zero-order valence-electron chi connectivity index (χ0n) is 14.8. The number of thiophene rings is 1. The predicted octanol–water partition coefficient (Wildman–Crippen LogP) is 2.59. The first-order valence-electron chi connectivity index (χ1n) is 8.10. The maximum absolute atomic E-state index is 12.0. The molecule has 0 saturated heterocycles. The lowest BCUT2D eigenvalue weighted by Gasteiger charge is -2.12. The van der Waals surface area contributed by atoms with Crippen LogP contribution >= 0.6 is 22.7 Å². The Balaban J connectivity index is 1.77. The number of hydrogen-bond donors (Lipinski definition) is 2. The average molecular weight is 396 g/mol. The maximum atomic E-state index is 12.0. The van der Waals surface area contributed by atoms with Gasteiger partial charge in [-0.05, 0) is 18.4 Å². The van der Waals surface area contributed by atoms with Crippen molar-refractivity contribution < 1.29 is 19.1 Å². The van der Waals surface area contributed by atoms with Gasteiger partial charge in [0.05, 0.1) is 18.7 Å². The zero-order valence-corrected chi connectivity index (χ0v) is 16.4. The highest BCUT2D eigenvalue weighted by Gasteiger charge is 2.19. The van der Waals surface area contributed by atoms with Crippen LogP contribution in [0.4, 0.5) is 5.13 Å². The number of nitrogens with zero attached hydrogens (tertiary/aromatic N) is 1. The Labute approximate surface area is 159 Å². The third-order valence-electron chi connectivity index (χ3n) is 3.33. The lowest BCUT2D eigenvalue weighted by atomic mass is 10.2. The molecule has 26 heavy (non-hydrogen) atoms. The molecule has 0 spiro atoms. The normalized spacial score (nSPS) is 11.8. The third kappa shape index (κ3) is 6.23. The summed E-state index contributed by atoms with van der Waals surface area (Å²) in [4.78, 5) is 40.8. The van der Waals surface area contributed by atoms with E-state index in [9.17, 15) is 14.4 Å². The molecule has 0 aliphatic carbocycles. The minimum atomic E-state index is -0.888. The molecule has 0 aliphatic heterocycles. The third-order valence-corrected chi connectivity index (χ3v) is 5.01. The molecule has 140 valence electrons. The van der Waals surface area contributed by atoms with Crippen LogP contribution in [0.1, 0.15) is 31.3 Å². The summed E-state index contributed by atoms with van der Waals surface area (Å²) < 4.78 is 5.14. The van der Waals surface area contributed by atoms with Gasteiger partial charge in [0.25, 0.3) is 5.91 Å². The van der Waals surface area contributed by atoms with Crippen molar-refractivity contribution in [1.82, 2.24) is 10.3 Å². The molecule has 2 heterocycles. The minimum Gasteiger partial charge on any atom is -0.452 e. The molecular weight excluding hydrogens is 374 g/mol. The summed E-state index contributed by atoms with van der Waals surface area (Å²) in [5.74, 6) is -1.18. The molecule has 2 amide bonds. The van der Waals surface area contributed by atoms with Crippen molar-refractivity contribution in [2.75, 3.05) is 5.32 Å². The number of anilines is 1. The molecule has 0 aliphatic rings. The van der Waals surface area contributed by atoms with Crippen molar-refractivity contribution in [2.45, 2.75) is 39.8 Å². The molecule has 2 aromatic heterocycles. The fraction of sp³-hybridized carbons (Fsp3) is 0.412. The standard InChI is InChI=1S/C17H21N3O4S2/c1-10(2)15(22)20-17-19-12(9-26-17)7-14(21)24-11(3)16(23)18-8-13-5-4-6-25-13/h4-6,9-11H,7-8H2,1-3H3,(H,18,23)(H,19,20,22)/t11-/m0/s1. The molecule has 2 N–H and O–H groups in total. The van der Waals surface area contributed by atoms with Crippen LogP contribution in [-0.2, 0) is 32.1 Å². The number of esters is 1. The second-order valence-electron chi connectivity index (χ2n) is 5.89. The molecule has 0 fully saturated rings. The van der Waals surface area contributed by atoms with E-state index in [2.05, 4.69) is 15.6 Å². The Morgan fingerprint density at radius 1 is 1.19 bits per heavy atom. The van der Waals surface area contributed by atoms with E-state index in [4.69, 9.17) is 4.74 Å². The van der Waals surface area contributed by atoms with Gasteiger partial charge in [-0.25, -0.2) is 4.98 Å². The lowest BCUT2D eigenvalue weighted by molar-refractivity contribution is -0.154. The number of thiazole rings is 1. The van der Waals surface area contributed by atoms with E-state index in [0.717, 1.165) is 4.88 Å². The van der Waals surface area contributed by atoms with Crippen molar-refractivity contribution in [3.05, 3.63) is 33.5 Å². The van der Waals surface area contributed by atoms with Crippen LogP contribution in [0.25, 0.3) is 0 Å². The van der Waals surface area contributed by atoms with Gasteiger partial charge in [-0.1, -0.05) is 19.9 Å². The van der Waals surface area contributed by atoms with E-state index < -0.39 is 12.1 Å². The van der Waals surface area contributed by atoms with Crippen LogP contribution in [0.2, 0.25) is 0 Å². The summed E-state index contributed by atoms with van der Waals surface area (Å²) in [5.41, 5.74) is 0.491. The van der Waals surface area contributed by atoms with Crippen molar-refractivity contribution in [1.29, 1.82) is 0 Å². The minimum absolute atomic E-state index is 0.0589. The van der Waals surface area contributed by atoms with Gasteiger partial charge in [0.2, 0.25) is 5.91 Å². The Morgan fingerprint density at radius 3 is 2.62 bits per heavy atom. The van der Waals surface area contributed by atoms with Gasteiger partial charge in [-0.15, -0.1) is 22.7 Å². The fourth-order valence-electron chi connectivity index (χ4n) is 1.87. The molecular formula is C17H21N3O4S2. The summed E-state index contributed by atoms with van der Waals surface area (Å²) in [5, 5.41) is 9.45. The molecule has 0 unspecified atom stereocenters. The number of amides is 2. The molecule has 0 radical (unpaired) electrons. The highest BCUT2D eigenvalue weighted by atomic mass is 32.1. The van der Waals surface area contributed by atoms with Crippen LogP contribution in [0, 0.1) is 5.92 Å². The van der Waals surface area contributed by atoms with Crippen LogP contribution in [0.5, 0.6) is 0 Å². The molecule has 9 heteroatoms. The van der Waals surface area contributed by atoms with Gasteiger partial charge in [0, 0.05) is 16.2 Å². The van der Waals surface area contributed by atoms with Gasteiger partial charge < -0.3 is 15.4 Å². The number of nitrogens with one attached hydrogen (secondary N) is 2. The van der Waals surface area contributed by atoms with Gasteiger partial charge >= 0.3 is 5.97 Å². The number of ether oxygens (including phenoxy) is 1. The van der Waals surface area contributed by atoms with E-state index in [-0.39, 0.29) is 24.2 Å². The summed E-state index contributed by atoms with van der Waals surface area (Å²) in [6, 6.07) is 3.82. The lowest BCUT2D eigenvalue weighted by Crippen LogP contribution is -2.35. The smallest absolute Gasteiger partial charge is 0.312 e. The average Bonchev–Trinajstić information content (AvgIpc) is 3.24. The Bertz CT molecular complexity index is 756. The fourth-order valence-corrected chi connectivity index (χ4v) is 3.22. The number of carbonyl (C=O) groups is 3. The summed E-state index contributed by atoms with van der Waals surface area (Å²) >= 11 is 2.78. The first kappa shape index (κ1) is 20.1. The quantitative estimate of drug-likeness (QED) is 0.670. The number of aromatic nitrogens is 1. The second-order valence-corrected chi connectivity index (χ2v) is 7.78. The molecule has 1 atom stereocenters. The van der Waals surface area contributed by atoms with Gasteiger partial charge in [0.1, 0.15) is 0 Å².